The predicted octanol–water partition coefficient (Wildman–Crippen LogP) is 4.13. The Morgan fingerprint density at radius 2 is 1.79 bits per heavy atom. The fourth-order valence-electron chi connectivity index (χ4n) is 3.75. The van der Waals surface area contributed by atoms with Gasteiger partial charge in [-0.3, -0.25) is 9.52 Å². The lowest BCUT2D eigenvalue weighted by Crippen LogP contribution is -2.28. The molecule has 6 heteroatoms. The molecule has 2 aromatic rings. The average molecular weight is 401 g/mol. The topological polar surface area (TPSA) is 75.3 Å². The maximum atomic E-state index is 12.8. The lowest BCUT2D eigenvalue weighted by molar-refractivity contribution is 0.0935. The smallest absolute Gasteiger partial charge is 0.251 e. The van der Waals surface area contributed by atoms with Gasteiger partial charge in [0.05, 0.1) is 18.0 Å². The van der Waals surface area contributed by atoms with Gasteiger partial charge in [0.15, 0.2) is 0 Å². The largest absolute Gasteiger partial charge is 0.345 e. The third kappa shape index (κ3) is 4.93. The van der Waals surface area contributed by atoms with Crippen LogP contribution in [0, 0.1) is 6.92 Å². The van der Waals surface area contributed by atoms with E-state index in [1.54, 1.807) is 25.1 Å². The van der Waals surface area contributed by atoms with Gasteiger partial charge in [0.25, 0.3) is 5.91 Å². The van der Waals surface area contributed by atoms with Crippen LogP contribution in [-0.2, 0) is 22.9 Å². The number of sulfonamides is 1. The molecule has 1 amide bonds. The molecule has 0 radical (unpaired) electrons. The maximum Gasteiger partial charge on any atom is 0.251 e. The number of carbonyl (C=O) groups excluding carboxylic acids is 1. The molecule has 1 unspecified atom stereocenters. The Morgan fingerprint density at radius 3 is 2.43 bits per heavy atom. The van der Waals surface area contributed by atoms with Crippen molar-refractivity contribution in [1.29, 1.82) is 0 Å². The summed E-state index contributed by atoms with van der Waals surface area (Å²) in [6.45, 7) is 3.85. The Morgan fingerprint density at radius 1 is 1.07 bits per heavy atom. The summed E-state index contributed by atoms with van der Waals surface area (Å²) in [5.41, 5.74) is 5.70. The van der Waals surface area contributed by atoms with E-state index < -0.39 is 10.0 Å². The van der Waals surface area contributed by atoms with Crippen LogP contribution in [0.4, 0.5) is 5.69 Å². The van der Waals surface area contributed by atoms with Crippen LogP contribution in [0.15, 0.2) is 36.4 Å². The normalized spacial score (nSPS) is 14.8. The van der Waals surface area contributed by atoms with E-state index in [0.29, 0.717) is 16.8 Å². The second kappa shape index (κ2) is 8.35. The molecule has 5 nitrogen and oxygen atoms in total. The number of anilines is 1. The van der Waals surface area contributed by atoms with Gasteiger partial charge in [-0.2, -0.15) is 0 Å². The fraction of sp³-hybridized carbons (Fsp3) is 0.409. The van der Waals surface area contributed by atoms with E-state index in [9.17, 15) is 13.2 Å². The van der Waals surface area contributed by atoms with Crippen molar-refractivity contribution in [3.05, 3.63) is 64.2 Å². The van der Waals surface area contributed by atoms with Gasteiger partial charge in [-0.25, -0.2) is 8.42 Å². The highest BCUT2D eigenvalue weighted by molar-refractivity contribution is 7.92. The highest BCUT2D eigenvalue weighted by Crippen LogP contribution is 2.26. The first-order valence-electron chi connectivity index (χ1n) is 9.78. The Balaban J connectivity index is 1.76. The molecule has 0 aromatic heterocycles. The van der Waals surface area contributed by atoms with E-state index in [0.717, 1.165) is 31.1 Å². The standard InChI is InChI=1S/C22H28N2O3S/c1-4-20(18-10-9-16-7-5-6-8-17(16)14-18)23-22(25)19-11-12-21(15(2)13-19)24-28(3,26)27/h9-14,20,24H,4-8H2,1-3H3,(H,23,25). The Labute approximate surface area is 167 Å². The van der Waals surface area contributed by atoms with Crippen LogP contribution < -0.4 is 10.0 Å². The van der Waals surface area contributed by atoms with Crippen molar-refractivity contribution in [1.82, 2.24) is 5.32 Å². The summed E-state index contributed by atoms with van der Waals surface area (Å²) in [6, 6.07) is 11.5. The summed E-state index contributed by atoms with van der Waals surface area (Å²) in [5, 5.41) is 3.12. The van der Waals surface area contributed by atoms with Crippen LogP contribution in [-0.4, -0.2) is 20.6 Å². The van der Waals surface area contributed by atoms with Gasteiger partial charge in [0, 0.05) is 5.56 Å². The summed E-state index contributed by atoms with van der Waals surface area (Å²) < 4.78 is 25.3. The van der Waals surface area contributed by atoms with E-state index in [4.69, 9.17) is 0 Å². The Kier molecular flexibility index (Phi) is 6.08. The molecule has 2 N–H and O–H groups in total. The number of fused-ring (bicyclic) bond motifs is 1. The molecule has 1 aliphatic rings. The maximum absolute atomic E-state index is 12.8. The molecule has 0 bridgehead atoms. The van der Waals surface area contributed by atoms with Crippen molar-refractivity contribution in [3.8, 4) is 0 Å². The van der Waals surface area contributed by atoms with E-state index in [-0.39, 0.29) is 11.9 Å². The van der Waals surface area contributed by atoms with Gasteiger partial charge in [0.1, 0.15) is 0 Å². The van der Waals surface area contributed by atoms with Crippen LogP contribution in [0.3, 0.4) is 0 Å². The highest BCUT2D eigenvalue weighted by atomic mass is 32.2. The van der Waals surface area contributed by atoms with E-state index in [1.807, 2.05) is 0 Å². The second-order valence-electron chi connectivity index (χ2n) is 7.57. The first kappa shape index (κ1) is 20.4. The molecule has 0 saturated heterocycles. The van der Waals surface area contributed by atoms with Crippen molar-refractivity contribution < 1.29 is 13.2 Å². The van der Waals surface area contributed by atoms with Crippen LogP contribution >= 0.6 is 0 Å². The zero-order chi connectivity index (χ0) is 20.3. The molecule has 3 rings (SSSR count). The molecule has 0 heterocycles. The second-order valence-corrected chi connectivity index (χ2v) is 9.32. The third-order valence-corrected chi connectivity index (χ3v) is 5.86. The van der Waals surface area contributed by atoms with Crippen molar-refractivity contribution in [2.45, 2.75) is 52.0 Å². The van der Waals surface area contributed by atoms with Crippen molar-refractivity contribution in [2.24, 2.45) is 0 Å². The number of aryl methyl sites for hydroxylation is 3. The molecule has 28 heavy (non-hydrogen) atoms. The van der Waals surface area contributed by atoms with E-state index in [1.165, 1.54) is 24.0 Å². The molecular weight excluding hydrogens is 372 g/mol. The van der Waals surface area contributed by atoms with Gasteiger partial charge in [-0.15, -0.1) is 0 Å². The molecule has 0 aliphatic heterocycles. The number of hydrogen-bond donors (Lipinski definition) is 2. The number of rotatable bonds is 6. The van der Waals surface area contributed by atoms with Gasteiger partial charge >= 0.3 is 0 Å². The predicted molar refractivity (Wildman–Crippen MR) is 113 cm³/mol. The van der Waals surface area contributed by atoms with Gasteiger partial charge in [0.2, 0.25) is 10.0 Å². The Bertz CT molecular complexity index is 983. The van der Waals surface area contributed by atoms with Crippen molar-refractivity contribution in [2.75, 3.05) is 11.0 Å². The Hall–Kier alpha value is -2.34. The molecule has 1 aliphatic carbocycles. The number of carbonyl (C=O) groups is 1. The summed E-state index contributed by atoms with van der Waals surface area (Å²) in [5.74, 6) is -0.154. The molecule has 0 spiro atoms. The van der Waals surface area contributed by atoms with Crippen LogP contribution in [0.2, 0.25) is 0 Å². The molecule has 0 fully saturated rings. The third-order valence-electron chi connectivity index (χ3n) is 5.27. The number of benzene rings is 2. The quantitative estimate of drug-likeness (QED) is 0.766. The summed E-state index contributed by atoms with van der Waals surface area (Å²) in [4.78, 5) is 12.8. The molecule has 1 atom stereocenters. The minimum Gasteiger partial charge on any atom is -0.345 e. The van der Waals surface area contributed by atoms with Crippen LogP contribution in [0.25, 0.3) is 0 Å². The number of hydrogen-bond acceptors (Lipinski definition) is 3. The molecular formula is C22H28N2O3S. The fourth-order valence-corrected chi connectivity index (χ4v) is 4.38. The van der Waals surface area contributed by atoms with E-state index in [2.05, 4.69) is 35.2 Å². The molecule has 0 saturated carbocycles. The molecule has 150 valence electrons. The highest BCUT2D eigenvalue weighted by Gasteiger charge is 2.18. The lowest BCUT2D eigenvalue weighted by atomic mass is 9.88. The number of amides is 1. The molecule has 2 aromatic carbocycles. The minimum absolute atomic E-state index is 0.0474. The summed E-state index contributed by atoms with van der Waals surface area (Å²) in [7, 11) is -3.35. The van der Waals surface area contributed by atoms with E-state index >= 15 is 0 Å². The monoisotopic (exact) mass is 400 g/mol. The van der Waals surface area contributed by atoms with Crippen LogP contribution in [0.5, 0.6) is 0 Å². The van der Waals surface area contributed by atoms with Crippen molar-refractivity contribution in [3.63, 3.8) is 0 Å². The zero-order valence-electron chi connectivity index (χ0n) is 16.7. The summed E-state index contributed by atoms with van der Waals surface area (Å²) >= 11 is 0. The first-order chi connectivity index (χ1) is 13.3. The lowest BCUT2D eigenvalue weighted by Gasteiger charge is -2.22. The SMILES string of the molecule is CCC(NC(=O)c1ccc(NS(C)(=O)=O)c(C)c1)c1ccc2c(c1)CCCC2. The van der Waals surface area contributed by atoms with Gasteiger partial charge in [-0.1, -0.05) is 25.1 Å². The zero-order valence-corrected chi connectivity index (χ0v) is 17.5. The number of nitrogens with one attached hydrogen (secondary N) is 2. The minimum atomic E-state index is -3.35. The average Bonchev–Trinajstić information content (AvgIpc) is 2.66. The van der Waals surface area contributed by atoms with Crippen LogP contribution in [0.1, 0.15) is 64.8 Å². The first-order valence-corrected chi connectivity index (χ1v) is 11.7. The van der Waals surface area contributed by atoms with Gasteiger partial charge in [-0.05, 0) is 79.5 Å². The van der Waals surface area contributed by atoms with Crippen molar-refractivity contribution >= 4 is 21.6 Å². The van der Waals surface area contributed by atoms with Gasteiger partial charge < -0.3 is 5.32 Å². The summed E-state index contributed by atoms with van der Waals surface area (Å²) in [6.07, 6.45) is 6.65.